The van der Waals surface area contributed by atoms with Gasteiger partial charge in [-0.1, -0.05) is 47.1 Å². The molecule has 0 amide bonds. The van der Waals surface area contributed by atoms with Gasteiger partial charge in [-0.2, -0.15) is 0 Å². The van der Waals surface area contributed by atoms with Crippen LogP contribution in [-0.4, -0.2) is 11.4 Å². The largest absolute Gasteiger partial charge is 0.351 e. The molecule has 0 aliphatic rings. The SMILES string of the molecule is O=Cc1onc(-c2ccccc2)c1Cl. The van der Waals surface area contributed by atoms with Gasteiger partial charge in [0.2, 0.25) is 5.76 Å². The van der Waals surface area contributed by atoms with Crippen LogP contribution < -0.4 is 0 Å². The Bertz CT molecular complexity index is 450. The van der Waals surface area contributed by atoms with E-state index in [1.54, 1.807) is 0 Å². The monoisotopic (exact) mass is 207 g/mol. The molecule has 2 aromatic rings. The molecular formula is C10H6ClNO2. The normalized spacial score (nSPS) is 10.1. The van der Waals surface area contributed by atoms with Crippen molar-refractivity contribution in [3.63, 3.8) is 0 Å². The summed E-state index contributed by atoms with van der Waals surface area (Å²) in [6.45, 7) is 0. The maximum Gasteiger partial charge on any atom is 0.218 e. The van der Waals surface area contributed by atoms with Gasteiger partial charge in [0.1, 0.15) is 10.7 Å². The molecule has 2 rings (SSSR count). The average molecular weight is 208 g/mol. The zero-order chi connectivity index (χ0) is 9.97. The number of aromatic nitrogens is 1. The Morgan fingerprint density at radius 1 is 1.29 bits per heavy atom. The van der Waals surface area contributed by atoms with Gasteiger partial charge in [-0.15, -0.1) is 0 Å². The van der Waals surface area contributed by atoms with E-state index in [0.29, 0.717) is 12.0 Å². The summed E-state index contributed by atoms with van der Waals surface area (Å²) >= 11 is 5.87. The number of benzene rings is 1. The lowest BCUT2D eigenvalue weighted by atomic mass is 10.1. The average Bonchev–Trinajstić information content (AvgIpc) is 2.61. The van der Waals surface area contributed by atoms with Crippen molar-refractivity contribution in [2.24, 2.45) is 0 Å². The lowest BCUT2D eigenvalue weighted by Gasteiger charge is -1.93. The number of hydrogen-bond acceptors (Lipinski definition) is 3. The number of carbonyl (C=O) groups is 1. The van der Waals surface area contributed by atoms with Gasteiger partial charge in [-0.25, -0.2) is 0 Å². The van der Waals surface area contributed by atoms with Crippen LogP contribution in [0.4, 0.5) is 0 Å². The number of rotatable bonds is 2. The third-order valence-corrected chi connectivity index (χ3v) is 2.18. The molecule has 0 saturated heterocycles. The van der Waals surface area contributed by atoms with Gasteiger partial charge in [0, 0.05) is 5.56 Å². The number of carbonyl (C=O) groups excluding carboxylic acids is 1. The minimum absolute atomic E-state index is 0.0607. The smallest absolute Gasteiger partial charge is 0.218 e. The molecule has 0 saturated carbocycles. The van der Waals surface area contributed by atoms with Gasteiger partial charge < -0.3 is 4.52 Å². The summed E-state index contributed by atoms with van der Waals surface area (Å²) in [7, 11) is 0. The second-order valence-electron chi connectivity index (χ2n) is 2.69. The fourth-order valence-electron chi connectivity index (χ4n) is 1.14. The van der Waals surface area contributed by atoms with E-state index in [9.17, 15) is 4.79 Å². The molecule has 0 aliphatic carbocycles. The van der Waals surface area contributed by atoms with E-state index in [0.717, 1.165) is 5.56 Å². The summed E-state index contributed by atoms with van der Waals surface area (Å²) in [5.74, 6) is 0.0607. The van der Waals surface area contributed by atoms with E-state index >= 15 is 0 Å². The zero-order valence-electron chi connectivity index (χ0n) is 7.11. The second-order valence-corrected chi connectivity index (χ2v) is 3.07. The van der Waals surface area contributed by atoms with Crippen molar-refractivity contribution in [3.05, 3.63) is 41.1 Å². The molecule has 0 aliphatic heterocycles. The highest BCUT2D eigenvalue weighted by atomic mass is 35.5. The van der Waals surface area contributed by atoms with Crippen molar-refractivity contribution in [2.45, 2.75) is 0 Å². The molecule has 1 aromatic carbocycles. The van der Waals surface area contributed by atoms with Gasteiger partial charge in [-0.3, -0.25) is 4.79 Å². The molecule has 0 radical (unpaired) electrons. The fourth-order valence-corrected chi connectivity index (χ4v) is 1.36. The number of halogens is 1. The summed E-state index contributed by atoms with van der Waals surface area (Å²) in [5.41, 5.74) is 1.32. The summed E-state index contributed by atoms with van der Waals surface area (Å²) in [5, 5.41) is 3.97. The van der Waals surface area contributed by atoms with Crippen LogP contribution in [0, 0.1) is 0 Å². The first-order chi connectivity index (χ1) is 6.83. The third kappa shape index (κ3) is 1.42. The van der Waals surface area contributed by atoms with Gasteiger partial charge in [0.15, 0.2) is 6.29 Å². The molecule has 0 N–H and O–H groups in total. The highest BCUT2D eigenvalue weighted by molar-refractivity contribution is 6.35. The fraction of sp³-hybridized carbons (Fsp3) is 0. The van der Waals surface area contributed by atoms with Crippen molar-refractivity contribution in [3.8, 4) is 11.3 Å². The predicted octanol–water partition coefficient (Wildman–Crippen LogP) is 2.81. The number of aldehydes is 1. The molecule has 4 heteroatoms. The molecule has 70 valence electrons. The van der Waals surface area contributed by atoms with Crippen LogP contribution in [0.5, 0.6) is 0 Å². The molecule has 0 unspecified atom stereocenters. The topological polar surface area (TPSA) is 43.1 Å². The first-order valence-corrected chi connectivity index (χ1v) is 4.36. The number of hydrogen-bond donors (Lipinski definition) is 0. The summed E-state index contributed by atoms with van der Waals surface area (Å²) < 4.78 is 4.75. The van der Waals surface area contributed by atoms with Crippen molar-refractivity contribution in [1.29, 1.82) is 0 Å². The maximum absolute atomic E-state index is 10.5. The van der Waals surface area contributed by atoms with Gasteiger partial charge in [0.25, 0.3) is 0 Å². The van der Waals surface area contributed by atoms with Crippen LogP contribution in [0.15, 0.2) is 34.9 Å². The molecular weight excluding hydrogens is 202 g/mol. The first-order valence-electron chi connectivity index (χ1n) is 3.98. The van der Waals surface area contributed by atoms with E-state index in [-0.39, 0.29) is 10.8 Å². The van der Waals surface area contributed by atoms with Crippen LogP contribution in [0.1, 0.15) is 10.6 Å². The maximum atomic E-state index is 10.5. The van der Waals surface area contributed by atoms with Gasteiger partial charge in [-0.05, 0) is 0 Å². The van der Waals surface area contributed by atoms with Crippen LogP contribution in [0.3, 0.4) is 0 Å². The van der Waals surface area contributed by atoms with Crippen molar-refractivity contribution in [1.82, 2.24) is 5.16 Å². The van der Waals surface area contributed by atoms with E-state index in [1.165, 1.54) is 0 Å². The molecule has 0 bridgehead atoms. The highest BCUT2D eigenvalue weighted by Gasteiger charge is 2.14. The third-order valence-electron chi connectivity index (χ3n) is 1.81. The van der Waals surface area contributed by atoms with Gasteiger partial charge >= 0.3 is 0 Å². The molecule has 14 heavy (non-hydrogen) atoms. The Morgan fingerprint density at radius 3 is 2.57 bits per heavy atom. The van der Waals surface area contributed by atoms with E-state index in [4.69, 9.17) is 16.1 Å². The lowest BCUT2D eigenvalue weighted by molar-refractivity contribution is 0.109. The van der Waals surface area contributed by atoms with Crippen molar-refractivity contribution < 1.29 is 9.32 Å². The number of nitrogens with zero attached hydrogens (tertiary/aromatic N) is 1. The van der Waals surface area contributed by atoms with E-state index in [2.05, 4.69) is 5.16 Å². The van der Waals surface area contributed by atoms with Crippen LogP contribution in [0.2, 0.25) is 5.02 Å². The standard InChI is InChI=1S/C10H6ClNO2/c11-9-8(6-13)14-12-10(9)7-4-2-1-3-5-7/h1-6H. The quantitative estimate of drug-likeness (QED) is 0.712. The Labute approximate surface area is 85.3 Å². The summed E-state index contributed by atoms with van der Waals surface area (Å²) in [6.07, 6.45) is 0.543. The summed E-state index contributed by atoms with van der Waals surface area (Å²) in [4.78, 5) is 10.5. The first kappa shape index (κ1) is 8.97. The Morgan fingerprint density at radius 2 is 2.00 bits per heavy atom. The Balaban J connectivity index is 2.53. The molecule has 3 nitrogen and oxygen atoms in total. The molecule has 0 atom stereocenters. The minimum Gasteiger partial charge on any atom is -0.351 e. The zero-order valence-corrected chi connectivity index (χ0v) is 7.86. The molecule has 1 heterocycles. The van der Waals surface area contributed by atoms with Crippen LogP contribution in [0.25, 0.3) is 11.3 Å². The van der Waals surface area contributed by atoms with Gasteiger partial charge in [0.05, 0.1) is 0 Å². The molecule has 1 aromatic heterocycles. The second kappa shape index (κ2) is 3.64. The van der Waals surface area contributed by atoms with E-state index in [1.807, 2.05) is 30.3 Å². The minimum atomic E-state index is 0.0607. The van der Waals surface area contributed by atoms with E-state index < -0.39 is 0 Å². The highest BCUT2D eigenvalue weighted by Crippen LogP contribution is 2.28. The summed E-state index contributed by atoms with van der Waals surface area (Å²) in [6, 6.07) is 9.30. The molecule has 0 fully saturated rings. The van der Waals surface area contributed by atoms with Crippen molar-refractivity contribution >= 4 is 17.9 Å². The Kier molecular flexibility index (Phi) is 2.33. The van der Waals surface area contributed by atoms with Crippen molar-refractivity contribution in [2.75, 3.05) is 0 Å². The lowest BCUT2D eigenvalue weighted by Crippen LogP contribution is -1.77. The van der Waals surface area contributed by atoms with Crippen LogP contribution >= 0.6 is 11.6 Å². The Hall–Kier alpha value is -1.61. The molecule has 0 spiro atoms. The predicted molar refractivity (Wildman–Crippen MR) is 52.3 cm³/mol. The van der Waals surface area contributed by atoms with Crippen LogP contribution in [-0.2, 0) is 0 Å².